The third kappa shape index (κ3) is 6.40. The molecule has 0 amide bonds. The van der Waals surface area contributed by atoms with Crippen molar-refractivity contribution < 1.29 is 0 Å². The zero-order valence-corrected chi connectivity index (χ0v) is 30.4. The molecule has 2 heterocycles. The van der Waals surface area contributed by atoms with E-state index in [1.54, 1.807) is 0 Å². The van der Waals surface area contributed by atoms with Crippen molar-refractivity contribution in [1.82, 2.24) is 19.9 Å². The predicted molar refractivity (Wildman–Crippen MR) is 231 cm³/mol. The molecule has 0 aliphatic rings. The van der Waals surface area contributed by atoms with Gasteiger partial charge in [-0.25, -0.2) is 15.0 Å². The molecule has 0 aliphatic heterocycles. The van der Waals surface area contributed by atoms with Crippen molar-refractivity contribution in [2.45, 2.75) is 0 Å². The number of fused-ring (bicyclic) bond motifs is 3. The van der Waals surface area contributed by atoms with E-state index >= 15 is 0 Å². The Kier molecular flexibility index (Phi) is 8.47. The molecule has 0 N–H and O–H groups in total. The Hall–Kier alpha value is -7.56. The standard InChI is InChI=1S/C52H34N4/c1-3-11-35(12-4-1)37-19-23-40(24-20-37)50-54-51(41-25-21-38(22-26-41)36-13-5-2-6-14-36)56-52(55-50)45-32-43(39-27-29-53-30-28-39)31-44(33-45)49-34-42-15-7-8-16-46(42)47-17-9-10-18-48(47)49/h1-34H. The van der Waals surface area contributed by atoms with Crippen LogP contribution in [0.5, 0.6) is 0 Å². The minimum atomic E-state index is 0.603. The maximum absolute atomic E-state index is 5.21. The van der Waals surface area contributed by atoms with Gasteiger partial charge in [-0.15, -0.1) is 0 Å². The highest BCUT2D eigenvalue weighted by atomic mass is 15.0. The molecule has 56 heavy (non-hydrogen) atoms. The molecular formula is C52H34N4. The van der Waals surface area contributed by atoms with Crippen LogP contribution in [-0.4, -0.2) is 19.9 Å². The van der Waals surface area contributed by atoms with Crippen LogP contribution in [-0.2, 0) is 0 Å². The number of hydrogen-bond acceptors (Lipinski definition) is 4. The van der Waals surface area contributed by atoms with Gasteiger partial charge in [-0.05, 0) is 102 Å². The Morgan fingerprint density at radius 3 is 1.25 bits per heavy atom. The number of benzene rings is 8. The van der Waals surface area contributed by atoms with Gasteiger partial charge in [-0.1, -0.05) is 158 Å². The van der Waals surface area contributed by atoms with Gasteiger partial charge in [0.25, 0.3) is 0 Å². The van der Waals surface area contributed by atoms with Gasteiger partial charge in [-0.3, -0.25) is 4.98 Å². The maximum atomic E-state index is 5.21. The summed E-state index contributed by atoms with van der Waals surface area (Å²) >= 11 is 0. The zero-order chi connectivity index (χ0) is 37.3. The molecule has 8 aromatic carbocycles. The van der Waals surface area contributed by atoms with Crippen molar-refractivity contribution in [3.63, 3.8) is 0 Å². The lowest BCUT2D eigenvalue weighted by Gasteiger charge is -2.15. The fourth-order valence-electron chi connectivity index (χ4n) is 7.56. The molecule has 0 saturated heterocycles. The van der Waals surface area contributed by atoms with Crippen LogP contribution in [0.4, 0.5) is 0 Å². The van der Waals surface area contributed by atoms with Crippen molar-refractivity contribution in [1.29, 1.82) is 0 Å². The molecule has 262 valence electrons. The van der Waals surface area contributed by atoms with E-state index in [1.165, 1.54) is 21.5 Å². The second-order valence-electron chi connectivity index (χ2n) is 13.9. The molecule has 0 unspecified atom stereocenters. The minimum absolute atomic E-state index is 0.603. The van der Waals surface area contributed by atoms with E-state index in [9.17, 15) is 0 Å². The van der Waals surface area contributed by atoms with Crippen LogP contribution in [0.15, 0.2) is 207 Å². The van der Waals surface area contributed by atoms with E-state index in [0.29, 0.717) is 17.5 Å². The van der Waals surface area contributed by atoms with Gasteiger partial charge in [0, 0.05) is 29.1 Å². The number of rotatable bonds is 7. The highest BCUT2D eigenvalue weighted by Crippen LogP contribution is 2.39. The largest absolute Gasteiger partial charge is 0.265 e. The molecule has 4 heteroatoms. The van der Waals surface area contributed by atoms with Gasteiger partial charge in [-0.2, -0.15) is 0 Å². The van der Waals surface area contributed by atoms with Gasteiger partial charge in [0.15, 0.2) is 17.5 Å². The van der Waals surface area contributed by atoms with Crippen molar-refractivity contribution in [2.75, 3.05) is 0 Å². The van der Waals surface area contributed by atoms with Crippen LogP contribution < -0.4 is 0 Å². The molecule has 0 fully saturated rings. The smallest absolute Gasteiger partial charge is 0.164 e. The number of nitrogens with zero attached hydrogens (tertiary/aromatic N) is 4. The first-order chi connectivity index (χ1) is 27.7. The van der Waals surface area contributed by atoms with Crippen molar-refractivity contribution >= 4 is 21.5 Å². The van der Waals surface area contributed by atoms with Crippen LogP contribution >= 0.6 is 0 Å². The summed E-state index contributed by atoms with van der Waals surface area (Å²) in [5.41, 5.74) is 11.7. The molecule has 0 radical (unpaired) electrons. The summed E-state index contributed by atoms with van der Waals surface area (Å²) in [6.07, 6.45) is 3.68. The zero-order valence-electron chi connectivity index (χ0n) is 30.4. The summed E-state index contributed by atoms with van der Waals surface area (Å²) in [5, 5.41) is 4.84. The van der Waals surface area contributed by atoms with E-state index in [-0.39, 0.29) is 0 Å². The van der Waals surface area contributed by atoms with Crippen LogP contribution in [0.2, 0.25) is 0 Å². The summed E-state index contributed by atoms with van der Waals surface area (Å²) in [6.45, 7) is 0. The van der Waals surface area contributed by atoms with E-state index in [2.05, 4.69) is 175 Å². The first kappa shape index (κ1) is 33.0. The van der Waals surface area contributed by atoms with Crippen LogP contribution in [0.25, 0.3) is 100 Å². The quantitative estimate of drug-likeness (QED) is 0.154. The van der Waals surface area contributed by atoms with Gasteiger partial charge >= 0.3 is 0 Å². The van der Waals surface area contributed by atoms with Gasteiger partial charge in [0.1, 0.15) is 0 Å². The van der Waals surface area contributed by atoms with Gasteiger partial charge in [0.2, 0.25) is 0 Å². The Bertz CT molecular complexity index is 2880. The number of hydrogen-bond donors (Lipinski definition) is 0. The summed E-state index contributed by atoms with van der Waals surface area (Å²) in [5.74, 6) is 1.83. The molecule has 0 saturated carbocycles. The fourth-order valence-corrected chi connectivity index (χ4v) is 7.56. The van der Waals surface area contributed by atoms with Crippen molar-refractivity contribution in [3.8, 4) is 78.7 Å². The van der Waals surface area contributed by atoms with Crippen molar-refractivity contribution in [3.05, 3.63) is 207 Å². The average Bonchev–Trinajstić information content (AvgIpc) is 3.29. The van der Waals surface area contributed by atoms with Crippen LogP contribution in [0, 0.1) is 0 Å². The second-order valence-corrected chi connectivity index (χ2v) is 13.9. The summed E-state index contributed by atoms with van der Waals surface area (Å²) in [4.78, 5) is 19.9. The maximum Gasteiger partial charge on any atom is 0.164 e. The van der Waals surface area contributed by atoms with E-state index in [1.807, 2.05) is 36.7 Å². The molecule has 0 bridgehead atoms. The first-order valence-electron chi connectivity index (χ1n) is 18.8. The third-order valence-electron chi connectivity index (χ3n) is 10.4. The van der Waals surface area contributed by atoms with Crippen LogP contribution in [0.1, 0.15) is 0 Å². The SMILES string of the molecule is c1ccc(-c2ccc(-c3nc(-c4ccc(-c5ccccc5)cc4)nc(-c4cc(-c5ccncc5)cc(-c5cc6ccccc6c6ccccc56)c4)n3)cc2)cc1. The predicted octanol–water partition coefficient (Wildman–Crippen LogP) is 13.2. The normalized spacial score (nSPS) is 11.2. The number of pyridine rings is 1. The second kappa shape index (κ2) is 14.3. The minimum Gasteiger partial charge on any atom is -0.265 e. The molecule has 4 nitrogen and oxygen atoms in total. The number of aromatic nitrogens is 4. The van der Waals surface area contributed by atoms with E-state index in [0.717, 1.165) is 61.2 Å². The molecule has 2 aromatic heterocycles. The molecule has 10 aromatic rings. The first-order valence-corrected chi connectivity index (χ1v) is 18.8. The lowest BCUT2D eigenvalue weighted by atomic mass is 9.90. The topological polar surface area (TPSA) is 51.6 Å². The Morgan fingerprint density at radius 1 is 0.250 bits per heavy atom. The van der Waals surface area contributed by atoms with E-state index in [4.69, 9.17) is 15.0 Å². The third-order valence-corrected chi connectivity index (χ3v) is 10.4. The fraction of sp³-hybridized carbons (Fsp3) is 0. The summed E-state index contributed by atoms with van der Waals surface area (Å²) in [7, 11) is 0. The average molecular weight is 715 g/mol. The van der Waals surface area contributed by atoms with Gasteiger partial charge in [0.05, 0.1) is 0 Å². The Morgan fingerprint density at radius 2 is 0.661 bits per heavy atom. The molecule has 0 aliphatic carbocycles. The lowest BCUT2D eigenvalue weighted by molar-refractivity contribution is 1.07. The molecule has 10 rings (SSSR count). The molecule has 0 atom stereocenters. The monoisotopic (exact) mass is 714 g/mol. The van der Waals surface area contributed by atoms with Gasteiger partial charge < -0.3 is 0 Å². The summed E-state index contributed by atoms with van der Waals surface area (Å²) in [6, 6.07) is 68.1. The highest BCUT2D eigenvalue weighted by Gasteiger charge is 2.17. The summed E-state index contributed by atoms with van der Waals surface area (Å²) < 4.78 is 0. The molecular weight excluding hydrogens is 681 g/mol. The van der Waals surface area contributed by atoms with Crippen LogP contribution in [0.3, 0.4) is 0 Å². The Balaban J connectivity index is 1.17. The van der Waals surface area contributed by atoms with E-state index < -0.39 is 0 Å². The molecule has 0 spiro atoms. The lowest BCUT2D eigenvalue weighted by Crippen LogP contribution is -2.01. The van der Waals surface area contributed by atoms with Crippen molar-refractivity contribution in [2.24, 2.45) is 0 Å². The highest BCUT2D eigenvalue weighted by molar-refractivity contribution is 6.14. The Labute approximate surface area is 325 Å².